The van der Waals surface area contributed by atoms with Crippen LogP contribution in [-0.4, -0.2) is 45.5 Å². The van der Waals surface area contributed by atoms with Crippen molar-refractivity contribution in [1.82, 2.24) is 10.6 Å². The summed E-state index contributed by atoms with van der Waals surface area (Å²) < 4.78 is 22.6. The first-order valence-electron chi connectivity index (χ1n) is 5.60. The van der Waals surface area contributed by atoms with Crippen LogP contribution in [0.25, 0.3) is 0 Å². The number of aliphatic imine (C=N–C) groups is 1. The summed E-state index contributed by atoms with van der Waals surface area (Å²) in [4.78, 5) is 4.07. The normalized spacial score (nSPS) is 23.3. The maximum atomic E-state index is 11.3. The monoisotopic (exact) mass is 375 g/mol. The van der Waals surface area contributed by atoms with E-state index in [0.29, 0.717) is 18.3 Å². The van der Waals surface area contributed by atoms with Gasteiger partial charge in [-0.25, -0.2) is 8.42 Å². The molecule has 0 bridgehead atoms. The van der Waals surface area contributed by atoms with Gasteiger partial charge in [0.2, 0.25) is 0 Å². The van der Waals surface area contributed by atoms with Crippen LogP contribution in [0, 0.1) is 5.92 Å². The van der Waals surface area contributed by atoms with E-state index in [9.17, 15) is 8.42 Å². The van der Waals surface area contributed by atoms with Crippen molar-refractivity contribution < 1.29 is 8.42 Å². The van der Waals surface area contributed by atoms with E-state index in [4.69, 9.17) is 0 Å². The van der Waals surface area contributed by atoms with Gasteiger partial charge in [0, 0.05) is 19.6 Å². The van der Waals surface area contributed by atoms with Gasteiger partial charge in [0.15, 0.2) is 15.8 Å². The summed E-state index contributed by atoms with van der Waals surface area (Å²) in [6, 6.07) is 0.00311. The van der Waals surface area contributed by atoms with E-state index in [0.717, 1.165) is 6.54 Å². The molecular weight excluding hydrogens is 353 g/mol. The lowest BCUT2D eigenvalue weighted by Gasteiger charge is -2.17. The molecule has 1 heterocycles. The number of nitrogens with one attached hydrogen (secondary N) is 2. The number of guanidine groups is 1. The van der Waals surface area contributed by atoms with Crippen molar-refractivity contribution in [2.75, 3.05) is 25.1 Å². The average Bonchev–Trinajstić information content (AvgIpc) is 2.52. The highest BCUT2D eigenvalue weighted by Gasteiger charge is 2.28. The quantitative estimate of drug-likeness (QED) is 0.431. The Kier molecular flexibility index (Phi) is 7.38. The van der Waals surface area contributed by atoms with E-state index in [2.05, 4.69) is 29.5 Å². The van der Waals surface area contributed by atoms with Crippen molar-refractivity contribution in [1.29, 1.82) is 0 Å². The maximum Gasteiger partial charge on any atom is 0.191 e. The van der Waals surface area contributed by atoms with Crippen LogP contribution in [0.5, 0.6) is 0 Å². The second kappa shape index (κ2) is 7.40. The molecule has 17 heavy (non-hydrogen) atoms. The van der Waals surface area contributed by atoms with Crippen LogP contribution in [-0.2, 0) is 9.84 Å². The van der Waals surface area contributed by atoms with Crippen LogP contribution in [0.1, 0.15) is 20.3 Å². The van der Waals surface area contributed by atoms with Crippen LogP contribution in [0.15, 0.2) is 4.99 Å². The van der Waals surface area contributed by atoms with Crippen molar-refractivity contribution in [3.8, 4) is 0 Å². The summed E-state index contributed by atoms with van der Waals surface area (Å²) >= 11 is 0. The van der Waals surface area contributed by atoms with Gasteiger partial charge in [-0.1, -0.05) is 13.8 Å². The lowest BCUT2D eigenvalue weighted by atomic mass is 10.2. The van der Waals surface area contributed by atoms with E-state index in [1.54, 1.807) is 7.05 Å². The Bertz CT molecular complexity index is 355. The molecule has 0 aromatic rings. The maximum absolute atomic E-state index is 11.3. The molecular formula is C10H22IN3O2S. The first-order valence-corrected chi connectivity index (χ1v) is 7.42. The molecule has 0 radical (unpaired) electrons. The van der Waals surface area contributed by atoms with Crippen molar-refractivity contribution in [2.24, 2.45) is 10.9 Å². The molecule has 1 aliphatic rings. The topological polar surface area (TPSA) is 70.6 Å². The lowest BCUT2D eigenvalue weighted by Crippen LogP contribution is -2.44. The summed E-state index contributed by atoms with van der Waals surface area (Å²) in [6.45, 7) is 5.06. The molecule has 0 aromatic heterocycles. The summed E-state index contributed by atoms with van der Waals surface area (Å²) in [5, 5.41) is 6.30. The Morgan fingerprint density at radius 2 is 2.12 bits per heavy atom. The van der Waals surface area contributed by atoms with Gasteiger partial charge in [0.25, 0.3) is 0 Å². The van der Waals surface area contributed by atoms with E-state index in [-0.39, 0.29) is 41.5 Å². The molecule has 0 amide bonds. The molecule has 0 spiro atoms. The summed E-state index contributed by atoms with van der Waals surface area (Å²) in [5.74, 6) is 1.72. The Morgan fingerprint density at radius 1 is 1.47 bits per heavy atom. The molecule has 102 valence electrons. The second-order valence-corrected chi connectivity index (χ2v) is 6.82. The predicted octanol–water partition coefficient (Wildman–Crippen LogP) is 0.612. The number of nitrogens with zero attached hydrogens (tertiary/aromatic N) is 1. The molecule has 1 fully saturated rings. The van der Waals surface area contributed by atoms with E-state index >= 15 is 0 Å². The Labute approximate surface area is 121 Å². The zero-order chi connectivity index (χ0) is 12.2. The minimum absolute atomic E-state index is 0. The van der Waals surface area contributed by atoms with Gasteiger partial charge in [0.05, 0.1) is 11.5 Å². The van der Waals surface area contributed by atoms with Crippen LogP contribution in [0.2, 0.25) is 0 Å². The molecule has 0 saturated carbocycles. The van der Waals surface area contributed by atoms with E-state index < -0.39 is 9.84 Å². The Balaban J connectivity index is 0.00000256. The fourth-order valence-electron chi connectivity index (χ4n) is 1.60. The number of hydrogen-bond acceptors (Lipinski definition) is 3. The minimum Gasteiger partial charge on any atom is -0.356 e. The molecule has 1 atom stereocenters. The van der Waals surface area contributed by atoms with Crippen LogP contribution in [0.4, 0.5) is 0 Å². The van der Waals surface area contributed by atoms with Gasteiger partial charge in [-0.05, 0) is 12.3 Å². The number of halogens is 1. The summed E-state index contributed by atoms with van der Waals surface area (Å²) in [5.41, 5.74) is 0. The second-order valence-electron chi connectivity index (χ2n) is 4.59. The molecule has 0 aromatic carbocycles. The van der Waals surface area contributed by atoms with E-state index in [1.807, 2.05) is 0 Å². The van der Waals surface area contributed by atoms with Crippen LogP contribution in [0.3, 0.4) is 0 Å². The SMILES string of the molecule is CN=C(NCC(C)C)NC1CCS(=O)(=O)C1.I. The van der Waals surface area contributed by atoms with Gasteiger partial charge in [0.1, 0.15) is 0 Å². The summed E-state index contributed by atoms with van der Waals surface area (Å²) in [7, 11) is -1.13. The Hall–Kier alpha value is -0.0500. The smallest absolute Gasteiger partial charge is 0.191 e. The average molecular weight is 375 g/mol. The van der Waals surface area contributed by atoms with Crippen molar-refractivity contribution in [2.45, 2.75) is 26.3 Å². The van der Waals surface area contributed by atoms with Gasteiger partial charge < -0.3 is 10.6 Å². The van der Waals surface area contributed by atoms with Crippen LogP contribution >= 0.6 is 24.0 Å². The van der Waals surface area contributed by atoms with Crippen molar-refractivity contribution in [3.05, 3.63) is 0 Å². The third-order valence-electron chi connectivity index (χ3n) is 2.47. The Morgan fingerprint density at radius 3 is 2.53 bits per heavy atom. The van der Waals surface area contributed by atoms with Crippen molar-refractivity contribution in [3.63, 3.8) is 0 Å². The molecule has 0 aliphatic carbocycles. The first kappa shape index (κ1) is 16.9. The highest BCUT2D eigenvalue weighted by atomic mass is 127. The molecule has 1 rings (SSSR count). The number of sulfone groups is 1. The molecule has 2 N–H and O–H groups in total. The minimum atomic E-state index is -2.83. The molecule has 1 unspecified atom stereocenters. The largest absolute Gasteiger partial charge is 0.356 e. The third kappa shape index (κ3) is 6.44. The van der Waals surface area contributed by atoms with Crippen LogP contribution < -0.4 is 10.6 Å². The lowest BCUT2D eigenvalue weighted by molar-refractivity contribution is 0.592. The van der Waals surface area contributed by atoms with E-state index in [1.165, 1.54) is 0 Å². The zero-order valence-electron chi connectivity index (χ0n) is 10.6. The van der Waals surface area contributed by atoms with Crippen molar-refractivity contribution >= 4 is 39.8 Å². The fourth-order valence-corrected chi connectivity index (χ4v) is 3.27. The molecule has 5 nitrogen and oxygen atoms in total. The van der Waals surface area contributed by atoms with Gasteiger partial charge in [-0.15, -0.1) is 24.0 Å². The zero-order valence-corrected chi connectivity index (χ0v) is 13.7. The number of rotatable bonds is 3. The summed E-state index contributed by atoms with van der Waals surface area (Å²) in [6.07, 6.45) is 0.671. The van der Waals surface area contributed by atoms with Gasteiger partial charge >= 0.3 is 0 Å². The van der Waals surface area contributed by atoms with Gasteiger partial charge in [-0.2, -0.15) is 0 Å². The highest BCUT2D eigenvalue weighted by Crippen LogP contribution is 2.10. The fraction of sp³-hybridized carbons (Fsp3) is 0.900. The third-order valence-corrected chi connectivity index (χ3v) is 4.24. The van der Waals surface area contributed by atoms with Gasteiger partial charge in [-0.3, -0.25) is 4.99 Å². The predicted molar refractivity (Wildman–Crippen MR) is 81.8 cm³/mol. The number of hydrogen-bond donors (Lipinski definition) is 2. The molecule has 1 aliphatic heterocycles. The molecule has 1 saturated heterocycles. The highest BCUT2D eigenvalue weighted by molar-refractivity contribution is 14.0. The standard InChI is InChI=1S/C10H21N3O2S.HI/c1-8(2)6-12-10(11-3)13-9-4-5-16(14,15)7-9;/h8-9H,4-7H2,1-3H3,(H2,11,12,13);1H. The first-order chi connectivity index (χ1) is 7.43. The molecule has 7 heteroatoms.